The number of rotatable bonds is 3. The van der Waals surface area contributed by atoms with Crippen molar-refractivity contribution in [2.45, 2.75) is 18.8 Å². The number of carbonyl (C=O) groups is 2. The Morgan fingerprint density at radius 1 is 1.11 bits per heavy atom. The maximum absolute atomic E-state index is 11.7. The molecule has 2 bridgehead atoms. The van der Waals surface area contributed by atoms with Crippen molar-refractivity contribution in [1.82, 2.24) is 0 Å². The fourth-order valence-corrected chi connectivity index (χ4v) is 1.61. The van der Waals surface area contributed by atoms with E-state index in [1.807, 2.05) is 0 Å². The van der Waals surface area contributed by atoms with Crippen molar-refractivity contribution in [2.75, 3.05) is 6.61 Å². The summed E-state index contributed by atoms with van der Waals surface area (Å²) in [5, 5.41) is 18.6. The maximum atomic E-state index is 11.7. The molecule has 0 aliphatic carbocycles. The molecule has 0 amide bonds. The van der Waals surface area contributed by atoms with E-state index in [1.54, 1.807) is 0 Å². The number of hydrogen-bond acceptors (Lipinski definition) is 6. The Bertz CT molecular complexity index is 448. The van der Waals surface area contributed by atoms with Gasteiger partial charge in [0, 0.05) is 6.61 Å². The first kappa shape index (κ1) is 12.5. The molecule has 1 aliphatic rings. The second kappa shape index (κ2) is 4.75. The van der Waals surface area contributed by atoms with Crippen LogP contribution >= 0.6 is 0 Å². The standard InChI is InChI=1S/C12H12O6/c13-6-2-5-12(16)17-10(14)8-3-1-4-9(7-8)11(15)18-12/h1,3-4,7,13,16H,2,5-6H2. The summed E-state index contributed by atoms with van der Waals surface area (Å²) in [6.07, 6.45) is -0.0593. The van der Waals surface area contributed by atoms with Crippen LogP contribution in [0.25, 0.3) is 0 Å². The first-order chi connectivity index (χ1) is 8.54. The number of carbonyl (C=O) groups excluding carboxylic acids is 2. The van der Waals surface area contributed by atoms with Gasteiger partial charge in [-0.05, 0) is 24.6 Å². The maximum Gasteiger partial charge on any atom is 0.373 e. The number of benzene rings is 1. The van der Waals surface area contributed by atoms with E-state index in [0.717, 1.165) is 0 Å². The molecule has 0 aromatic heterocycles. The van der Waals surface area contributed by atoms with Gasteiger partial charge < -0.3 is 19.7 Å². The molecule has 0 saturated carbocycles. The summed E-state index contributed by atoms with van der Waals surface area (Å²) in [5.41, 5.74) is 0.318. The minimum atomic E-state index is -2.33. The van der Waals surface area contributed by atoms with E-state index < -0.39 is 17.9 Å². The van der Waals surface area contributed by atoms with Crippen molar-refractivity contribution in [3.63, 3.8) is 0 Å². The molecule has 6 heteroatoms. The van der Waals surface area contributed by atoms with E-state index in [-0.39, 0.29) is 30.6 Å². The Morgan fingerprint density at radius 3 is 2.17 bits per heavy atom. The summed E-state index contributed by atoms with van der Waals surface area (Å²) >= 11 is 0. The molecule has 0 fully saturated rings. The van der Waals surface area contributed by atoms with Crippen LogP contribution in [0.1, 0.15) is 33.6 Å². The van der Waals surface area contributed by atoms with E-state index >= 15 is 0 Å². The van der Waals surface area contributed by atoms with Crippen LogP contribution in [-0.4, -0.2) is 34.7 Å². The van der Waals surface area contributed by atoms with E-state index in [2.05, 4.69) is 0 Å². The smallest absolute Gasteiger partial charge is 0.373 e. The number of hydrogen-bond donors (Lipinski definition) is 2. The van der Waals surface area contributed by atoms with Crippen molar-refractivity contribution in [2.24, 2.45) is 0 Å². The molecule has 0 radical (unpaired) electrons. The van der Waals surface area contributed by atoms with Gasteiger partial charge in [0.05, 0.1) is 17.5 Å². The molecule has 96 valence electrons. The van der Waals surface area contributed by atoms with Gasteiger partial charge >= 0.3 is 17.9 Å². The first-order valence-corrected chi connectivity index (χ1v) is 5.44. The molecule has 2 rings (SSSR count). The summed E-state index contributed by atoms with van der Waals surface area (Å²) in [6.45, 7) is -0.220. The second-order valence-electron chi connectivity index (χ2n) is 3.90. The van der Waals surface area contributed by atoms with Gasteiger partial charge in [-0.2, -0.15) is 0 Å². The number of ether oxygens (including phenoxy) is 2. The zero-order valence-electron chi connectivity index (χ0n) is 9.46. The Balaban J connectivity index is 2.32. The highest BCUT2D eigenvalue weighted by Gasteiger charge is 2.38. The normalized spacial score (nSPS) is 17.4. The average Bonchev–Trinajstić information content (AvgIpc) is 2.35. The molecule has 0 atom stereocenters. The molecular formula is C12H12O6. The predicted molar refractivity (Wildman–Crippen MR) is 58.5 cm³/mol. The molecule has 2 N–H and O–H groups in total. The third-order valence-corrected chi connectivity index (χ3v) is 2.49. The highest BCUT2D eigenvalue weighted by Crippen LogP contribution is 2.24. The van der Waals surface area contributed by atoms with Gasteiger partial charge in [-0.1, -0.05) is 6.07 Å². The third-order valence-electron chi connectivity index (χ3n) is 2.49. The van der Waals surface area contributed by atoms with Crippen LogP contribution in [0.5, 0.6) is 0 Å². The van der Waals surface area contributed by atoms with Crippen LogP contribution in [-0.2, 0) is 9.47 Å². The van der Waals surface area contributed by atoms with E-state index in [1.165, 1.54) is 24.3 Å². The van der Waals surface area contributed by atoms with Crippen molar-refractivity contribution < 1.29 is 29.3 Å². The summed E-state index contributed by atoms with van der Waals surface area (Å²) < 4.78 is 9.51. The quantitative estimate of drug-likeness (QED) is 0.758. The van der Waals surface area contributed by atoms with Gasteiger partial charge in [-0.3, -0.25) is 0 Å². The van der Waals surface area contributed by atoms with Crippen LogP contribution < -0.4 is 0 Å². The minimum absolute atomic E-state index is 0.130. The predicted octanol–water partition coefficient (Wildman–Crippen LogP) is 0.432. The van der Waals surface area contributed by atoms with Crippen molar-refractivity contribution in [3.8, 4) is 0 Å². The zero-order valence-corrected chi connectivity index (χ0v) is 9.46. The van der Waals surface area contributed by atoms with Crippen molar-refractivity contribution >= 4 is 11.9 Å². The Hall–Kier alpha value is -1.92. The summed E-state index contributed by atoms with van der Waals surface area (Å²) in [7, 11) is 0. The molecule has 6 nitrogen and oxygen atoms in total. The summed E-state index contributed by atoms with van der Waals surface area (Å²) in [6, 6.07) is 5.79. The van der Waals surface area contributed by atoms with Crippen molar-refractivity contribution in [1.29, 1.82) is 0 Å². The van der Waals surface area contributed by atoms with Crippen LogP contribution in [0.2, 0.25) is 0 Å². The fourth-order valence-electron chi connectivity index (χ4n) is 1.61. The number of aliphatic hydroxyl groups excluding tert-OH is 1. The second-order valence-corrected chi connectivity index (χ2v) is 3.90. The molecule has 18 heavy (non-hydrogen) atoms. The SMILES string of the molecule is O=C1OC(O)(CCCO)OC(=O)c2cccc1c2. The third kappa shape index (κ3) is 2.49. The topological polar surface area (TPSA) is 93.1 Å². The van der Waals surface area contributed by atoms with E-state index in [0.29, 0.717) is 0 Å². The summed E-state index contributed by atoms with van der Waals surface area (Å²) in [5.74, 6) is -3.91. The minimum Gasteiger partial charge on any atom is -0.396 e. The lowest BCUT2D eigenvalue weighted by Crippen LogP contribution is -2.41. The Morgan fingerprint density at radius 2 is 1.67 bits per heavy atom. The molecular weight excluding hydrogens is 240 g/mol. The Kier molecular flexibility index (Phi) is 3.31. The molecule has 1 heterocycles. The van der Waals surface area contributed by atoms with Crippen LogP contribution in [0.15, 0.2) is 24.3 Å². The monoisotopic (exact) mass is 252 g/mol. The zero-order chi connectivity index (χ0) is 13.2. The van der Waals surface area contributed by atoms with Crippen LogP contribution in [0, 0.1) is 0 Å². The molecule has 1 aromatic carbocycles. The number of cyclic esters (lactones) is 2. The molecule has 0 saturated heterocycles. The highest BCUT2D eigenvalue weighted by atomic mass is 16.8. The fraction of sp³-hybridized carbons (Fsp3) is 0.333. The lowest BCUT2D eigenvalue weighted by atomic mass is 10.1. The summed E-state index contributed by atoms with van der Waals surface area (Å²) in [4.78, 5) is 23.4. The van der Waals surface area contributed by atoms with Gasteiger partial charge in [0.15, 0.2) is 0 Å². The lowest BCUT2D eigenvalue weighted by molar-refractivity contribution is -0.308. The van der Waals surface area contributed by atoms with E-state index in [4.69, 9.17) is 14.6 Å². The Labute approximate surface area is 103 Å². The number of fused-ring (bicyclic) bond motifs is 2. The highest BCUT2D eigenvalue weighted by molar-refractivity contribution is 5.96. The lowest BCUT2D eigenvalue weighted by Gasteiger charge is -2.28. The van der Waals surface area contributed by atoms with Gasteiger partial charge in [0.25, 0.3) is 0 Å². The molecule has 1 aromatic rings. The molecule has 0 unspecified atom stereocenters. The van der Waals surface area contributed by atoms with Gasteiger partial charge in [-0.15, -0.1) is 0 Å². The van der Waals surface area contributed by atoms with Gasteiger partial charge in [0.2, 0.25) is 0 Å². The van der Waals surface area contributed by atoms with Gasteiger partial charge in [-0.25, -0.2) is 9.59 Å². The number of esters is 2. The first-order valence-electron chi connectivity index (χ1n) is 5.44. The molecule has 1 aliphatic heterocycles. The van der Waals surface area contributed by atoms with Crippen LogP contribution in [0.3, 0.4) is 0 Å². The average molecular weight is 252 g/mol. The molecule has 0 spiro atoms. The number of aliphatic hydroxyl groups is 2. The van der Waals surface area contributed by atoms with Crippen LogP contribution in [0.4, 0.5) is 0 Å². The van der Waals surface area contributed by atoms with Crippen molar-refractivity contribution in [3.05, 3.63) is 35.4 Å². The van der Waals surface area contributed by atoms with E-state index in [9.17, 15) is 14.7 Å². The van der Waals surface area contributed by atoms with Gasteiger partial charge in [0.1, 0.15) is 0 Å². The largest absolute Gasteiger partial charge is 0.396 e.